The summed E-state index contributed by atoms with van der Waals surface area (Å²) in [5, 5.41) is 12.4. The van der Waals surface area contributed by atoms with Crippen LogP contribution in [0, 0.1) is 5.82 Å². The molecule has 0 amide bonds. The predicted octanol–water partition coefficient (Wildman–Crippen LogP) is 1.76. The van der Waals surface area contributed by atoms with Gasteiger partial charge in [0.2, 0.25) is 0 Å². The van der Waals surface area contributed by atoms with Crippen molar-refractivity contribution in [3.8, 4) is 5.75 Å². The Bertz CT molecular complexity index is 539. The standard InChI is InChI=1S/C11H9FN2O3/c12-8-3-1-2-4-10(8)17-7-14-6-5-9(13-14)11(15)16/h1-6H,7H2,(H,15,16). The van der Waals surface area contributed by atoms with Crippen molar-refractivity contribution in [3.63, 3.8) is 0 Å². The first-order chi connectivity index (χ1) is 8.16. The number of para-hydroxylation sites is 1. The van der Waals surface area contributed by atoms with Crippen LogP contribution in [0.5, 0.6) is 5.75 Å². The van der Waals surface area contributed by atoms with Gasteiger partial charge in [0.15, 0.2) is 24.0 Å². The molecule has 88 valence electrons. The first-order valence-corrected chi connectivity index (χ1v) is 4.81. The van der Waals surface area contributed by atoms with E-state index in [-0.39, 0.29) is 18.2 Å². The van der Waals surface area contributed by atoms with Gasteiger partial charge in [-0.2, -0.15) is 5.10 Å². The Morgan fingerprint density at radius 1 is 1.41 bits per heavy atom. The lowest BCUT2D eigenvalue weighted by Gasteiger charge is -2.06. The zero-order valence-corrected chi connectivity index (χ0v) is 8.71. The van der Waals surface area contributed by atoms with Crippen LogP contribution in [0.4, 0.5) is 4.39 Å². The summed E-state index contributed by atoms with van der Waals surface area (Å²) >= 11 is 0. The van der Waals surface area contributed by atoms with E-state index in [2.05, 4.69) is 5.10 Å². The highest BCUT2D eigenvalue weighted by molar-refractivity contribution is 5.84. The predicted molar refractivity (Wildman–Crippen MR) is 56.2 cm³/mol. The van der Waals surface area contributed by atoms with E-state index in [0.717, 1.165) is 0 Å². The zero-order valence-electron chi connectivity index (χ0n) is 8.71. The second-order valence-electron chi connectivity index (χ2n) is 3.25. The number of aromatic carboxylic acids is 1. The number of carboxylic acid groups (broad SMARTS) is 1. The van der Waals surface area contributed by atoms with Crippen LogP contribution in [0.15, 0.2) is 36.5 Å². The molecule has 0 radical (unpaired) electrons. The molecule has 0 aliphatic carbocycles. The Morgan fingerprint density at radius 2 is 2.18 bits per heavy atom. The fraction of sp³-hybridized carbons (Fsp3) is 0.0909. The summed E-state index contributed by atoms with van der Waals surface area (Å²) in [6, 6.07) is 7.30. The molecule has 6 heteroatoms. The molecule has 0 bridgehead atoms. The van der Waals surface area contributed by atoms with Crippen LogP contribution in [-0.4, -0.2) is 20.9 Å². The lowest BCUT2D eigenvalue weighted by atomic mass is 10.3. The summed E-state index contributed by atoms with van der Waals surface area (Å²) in [5.74, 6) is -1.49. The first-order valence-electron chi connectivity index (χ1n) is 4.81. The van der Waals surface area contributed by atoms with Gasteiger partial charge in [0, 0.05) is 6.20 Å². The number of hydrogen-bond acceptors (Lipinski definition) is 3. The number of nitrogens with zero attached hydrogens (tertiary/aromatic N) is 2. The molecule has 0 saturated carbocycles. The Hall–Kier alpha value is -2.37. The second-order valence-corrected chi connectivity index (χ2v) is 3.25. The Labute approximate surface area is 96.1 Å². The molecule has 1 N–H and O–H groups in total. The maximum atomic E-state index is 13.2. The SMILES string of the molecule is O=C(O)c1ccn(COc2ccccc2F)n1. The fourth-order valence-corrected chi connectivity index (χ4v) is 1.25. The number of halogens is 1. The van der Waals surface area contributed by atoms with Crippen molar-refractivity contribution in [1.82, 2.24) is 9.78 Å². The minimum absolute atomic E-state index is 0.0474. The summed E-state index contributed by atoms with van der Waals surface area (Å²) in [4.78, 5) is 10.6. The van der Waals surface area contributed by atoms with Gasteiger partial charge in [-0.15, -0.1) is 0 Å². The van der Waals surface area contributed by atoms with E-state index in [4.69, 9.17) is 9.84 Å². The Kier molecular flexibility index (Phi) is 3.04. The van der Waals surface area contributed by atoms with E-state index < -0.39 is 11.8 Å². The first kappa shape index (κ1) is 11.1. The van der Waals surface area contributed by atoms with E-state index in [1.54, 1.807) is 12.1 Å². The molecule has 1 aromatic carbocycles. The van der Waals surface area contributed by atoms with Crippen LogP contribution in [-0.2, 0) is 6.73 Å². The molecule has 17 heavy (non-hydrogen) atoms. The monoisotopic (exact) mass is 236 g/mol. The van der Waals surface area contributed by atoms with Gasteiger partial charge >= 0.3 is 5.97 Å². The number of rotatable bonds is 4. The summed E-state index contributed by atoms with van der Waals surface area (Å²) in [7, 11) is 0. The lowest BCUT2D eigenvalue weighted by molar-refractivity contribution is 0.0688. The minimum Gasteiger partial charge on any atom is -0.476 e. The van der Waals surface area contributed by atoms with Crippen LogP contribution < -0.4 is 4.74 Å². The molecule has 0 spiro atoms. The third kappa shape index (κ3) is 2.60. The number of carboxylic acids is 1. The van der Waals surface area contributed by atoms with Crippen molar-refractivity contribution in [2.75, 3.05) is 0 Å². The van der Waals surface area contributed by atoms with Crippen LogP contribution >= 0.6 is 0 Å². The van der Waals surface area contributed by atoms with E-state index >= 15 is 0 Å². The largest absolute Gasteiger partial charge is 0.476 e. The smallest absolute Gasteiger partial charge is 0.356 e. The van der Waals surface area contributed by atoms with Gasteiger partial charge in [0.25, 0.3) is 0 Å². The molecule has 2 rings (SSSR count). The maximum absolute atomic E-state index is 13.2. The third-order valence-corrected chi connectivity index (χ3v) is 2.05. The van der Waals surface area contributed by atoms with Crippen molar-refractivity contribution in [2.45, 2.75) is 6.73 Å². The number of aromatic nitrogens is 2. The van der Waals surface area contributed by atoms with Crippen LogP contribution in [0.3, 0.4) is 0 Å². The average molecular weight is 236 g/mol. The van der Waals surface area contributed by atoms with Crippen molar-refractivity contribution < 1.29 is 19.0 Å². The van der Waals surface area contributed by atoms with Crippen molar-refractivity contribution in [1.29, 1.82) is 0 Å². The number of hydrogen-bond donors (Lipinski definition) is 1. The molecular weight excluding hydrogens is 227 g/mol. The number of carbonyl (C=O) groups is 1. The Balaban J connectivity index is 2.02. The molecule has 0 atom stereocenters. The van der Waals surface area contributed by atoms with Crippen molar-refractivity contribution >= 4 is 5.97 Å². The van der Waals surface area contributed by atoms with Gasteiger partial charge in [-0.1, -0.05) is 12.1 Å². The van der Waals surface area contributed by atoms with Crippen LogP contribution in [0.25, 0.3) is 0 Å². The molecule has 5 nitrogen and oxygen atoms in total. The summed E-state index contributed by atoms with van der Waals surface area (Å²) in [6.45, 7) is -0.0474. The van der Waals surface area contributed by atoms with Crippen molar-refractivity contribution in [2.24, 2.45) is 0 Å². The summed E-state index contributed by atoms with van der Waals surface area (Å²) in [6.07, 6.45) is 1.45. The molecule has 2 aromatic rings. The van der Waals surface area contributed by atoms with Gasteiger partial charge in [0.05, 0.1) is 0 Å². The lowest BCUT2D eigenvalue weighted by Crippen LogP contribution is -2.08. The van der Waals surface area contributed by atoms with E-state index in [1.807, 2.05) is 0 Å². The van der Waals surface area contributed by atoms with Crippen LogP contribution in [0.2, 0.25) is 0 Å². The molecule has 1 aromatic heterocycles. The highest BCUT2D eigenvalue weighted by atomic mass is 19.1. The quantitative estimate of drug-likeness (QED) is 0.878. The fourth-order valence-electron chi connectivity index (χ4n) is 1.25. The highest BCUT2D eigenvalue weighted by Crippen LogP contribution is 2.15. The topological polar surface area (TPSA) is 64.3 Å². The van der Waals surface area contributed by atoms with Crippen LogP contribution in [0.1, 0.15) is 10.5 Å². The molecule has 0 saturated heterocycles. The van der Waals surface area contributed by atoms with Gasteiger partial charge < -0.3 is 9.84 Å². The van der Waals surface area contributed by atoms with Gasteiger partial charge in [-0.05, 0) is 18.2 Å². The summed E-state index contributed by atoms with van der Waals surface area (Å²) in [5.41, 5.74) is -0.0814. The van der Waals surface area contributed by atoms with Crippen molar-refractivity contribution in [3.05, 3.63) is 48.0 Å². The van der Waals surface area contributed by atoms with Gasteiger partial charge in [0.1, 0.15) is 0 Å². The number of ether oxygens (including phenoxy) is 1. The summed E-state index contributed by atoms with van der Waals surface area (Å²) < 4.78 is 19.6. The second kappa shape index (κ2) is 4.65. The minimum atomic E-state index is -1.12. The zero-order chi connectivity index (χ0) is 12.3. The van der Waals surface area contributed by atoms with E-state index in [9.17, 15) is 9.18 Å². The Morgan fingerprint density at radius 3 is 2.82 bits per heavy atom. The molecule has 1 heterocycles. The number of benzene rings is 1. The highest BCUT2D eigenvalue weighted by Gasteiger charge is 2.07. The normalized spacial score (nSPS) is 10.2. The third-order valence-electron chi connectivity index (χ3n) is 2.05. The molecule has 0 aliphatic heterocycles. The maximum Gasteiger partial charge on any atom is 0.356 e. The molecule has 0 aliphatic rings. The van der Waals surface area contributed by atoms with Gasteiger partial charge in [-0.25, -0.2) is 13.9 Å². The average Bonchev–Trinajstić information content (AvgIpc) is 2.77. The van der Waals surface area contributed by atoms with E-state index in [0.29, 0.717) is 0 Å². The molecule has 0 unspecified atom stereocenters. The molecular formula is C11H9FN2O3. The van der Waals surface area contributed by atoms with E-state index in [1.165, 1.54) is 29.1 Å². The molecule has 0 fully saturated rings. The van der Waals surface area contributed by atoms with Gasteiger partial charge in [-0.3, -0.25) is 0 Å².